The van der Waals surface area contributed by atoms with Crippen molar-refractivity contribution in [2.45, 2.75) is 32.7 Å². The van der Waals surface area contributed by atoms with Crippen LogP contribution in [0.3, 0.4) is 0 Å². The summed E-state index contributed by atoms with van der Waals surface area (Å²) in [4.78, 5) is 19.5. The summed E-state index contributed by atoms with van der Waals surface area (Å²) in [5, 5.41) is 0. The largest absolute Gasteiger partial charge is 0.340 e. The fraction of sp³-hybridized carbons (Fsp3) is 0.650. The predicted molar refractivity (Wildman–Crippen MR) is 97.8 cm³/mol. The van der Waals surface area contributed by atoms with Gasteiger partial charge in [-0.25, -0.2) is 0 Å². The van der Waals surface area contributed by atoms with Crippen molar-refractivity contribution in [1.82, 2.24) is 14.7 Å². The Balaban J connectivity index is 1.37. The molecule has 0 radical (unpaired) electrons. The lowest BCUT2D eigenvalue weighted by molar-refractivity contribution is -0.133. The van der Waals surface area contributed by atoms with Crippen LogP contribution in [0.2, 0.25) is 0 Å². The molecule has 3 rings (SSSR count). The number of carbonyl (C=O) groups excluding carboxylic acids is 1. The van der Waals surface area contributed by atoms with E-state index in [-0.39, 0.29) is 0 Å². The molecule has 1 aromatic rings. The summed E-state index contributed by atoms with van der Waals surface area (Å²) in [6.45, 7) is 10.3. The topological polar surface area (TPSA) is 26.8 Å². The number of piperidine rings is 1. The van der Waals surface area contributed by atoms with Gasteiger partial charge in [0.2, 0.25) is 5.91 Å². The average Bonchev–Trinajstić information content (AvgIpc) is 2.61. The lowest BCUT2D eigenvalue weighted by Gasteiger charge is -2.36. The second kappa shape index (κ2) is 8.63. The highest BCUT2D eigenvalue weighted by Crippen LogP contribution is 2.16. The van der Waals surface area contributed by atoms with Gasteiger partial charge in [0.15, 0.2) is 0 Å². The van der Waals surface area contributed by atoms with Crippen LogP contribution < -0.4 is 0 Å². The van der Waals surface area contributed by atoms with E-state index in [2.05, 4.69) is 52.0 Å². The molecular weight excluding hydrogens is 298 g/mol. The zero-order valence-electron chi connectivity index (χ0n) is 15.0. The van der Waals surface area contributed by atoms with Crippen LogP contribution in [0.4, 0.5) is 0 Å². The van der Waals surface area contributed by atoms with Gasteiger partial charge < -0.3 is 9.80 Å². The van der Waals surface area contributed by atoms with Crippen LogP contribution in [0.5, 0.6) is 0 Å². The zero-order chi connectivity index (χ0) is 16.8. The molecule has 0 spiro atoms. The summed E-state index contributed by atoms with van der Waals surface area (Å²) in [6.07, 6.45) is 3.31. The Bertz CT molecular complexity index is 511. The summed E-state index contributed by atoms with van der Waals surface area (Å²) < 4.78 is 0. The van der Waals surface area contributed by atoms with Crippen molar-refractivity contribution in [2.24, 2.45) is 5.92 Å². The number of hydrogen-bond donors (Lipinski definition) is 0. The minimum Gasteiger partial charge on any atom is -0.340 e. The van der Waals surface area contributed by atoms with Crippen molar-refractivity contribution in [3.63, 3.8) is 0 Å². The van der Waals surface area contributed by atoms with E-state index in [0.29, 0.717) is 12.3 Å². The molecule has 0 bridgehead atoms. The minimum absolute atomic E-state index is 0.340. The van der Waals surface area contributed by atoms with Gasteiger partial charge in [-0.1, -0.05) is 37.3 Å². The molecule has 1 aromatic carbocycles. The standard InChI is InChI=1S/C20H31N3O/c1-18-6-5-10-21(16-18)11-9-20(24)23-14-12-22(13-15-23)17-19-7-3-2-4-8-19/h2-4,7-8,18H,5-6,9-17H2,1H3. The molecule has 2 saturated heterocycles. The Labute approximate surface area is 146 Å². The summed E-state index contributed by atoms with van der Waals surface area (Å²) >= 11 is 0. The second-order valence-electron chi connectivity index (χ2n) is 7.44. The molecule has 0 saturated carbocycles. The third-order valence-corrected chi connectivity index (χ3v) is 5.36. The van der Waals surface area contributed by atoms with Gasteiger partial charge in [0, 0.05) is 52.2 Å². The molecule has 132 valence electrons. The number of rotatable bonds is 5. The Hall–Kier alpha value is -1.39. The second-order valence-corrected chi connectivity index (χ2v) is 7.44. The summed E-state index contributed by atoms with van der Waals surface area (Å²) in [5.41, 5.74) is 1.36. The highest BCUT2D eigenvalue weighted by atomic mass is 16.2. The molecule has 24 heavy (non-hydrogen) atoms. The zero-order valence-corrected chi connectivity index (χ0v) is 15.0. The Morgan fingerprint density at radius 1 is 1.04 bits per heavy atom. The lowest BCUT2D eigenvalue weighted by atomic mass is 10.0. The van der Waals surface area contributed by atoms with Crippen LogP contribution in [0.25, 0.3) is 0 Å². The van der Waals surface area contributed by atoms with E-state index in [1.54, 1.807) is 0 Å². The van der Waals surface area contributed by atoms with Gasteiger partial charge in [-0.05, 0) is 30.9 Å². The first-order chi connectivity index (χ1) is 11.7. The number of amides is 1. The molecule has 2 aliphatic heterocycles. The molecular formula is C20H31N3O. The number of likely N-dealkylation sites (tertiary alicyclic amines) is 1. The van der Waals surface area contributed by atoms with E-state index >= 15 is 0 Å². The molecule has 0 aliphatic carbocycles. The van der Waals surface area contributed by atoms with Crippen molar-refractivity contribution in [3.8, 4) is 0 Å². The number of hydrogen-bond acceptors (Lipinski definition) is 3. The summed E-state index contributed by atoms with van der Waals surface area (Å²) in [7, 11) is 0. The van der Waals surface area contributed by atoms with Gasteiger partial charge in [0.25, 0.3) is 0 Å². The van der Waals surface area contributed by atoms with Gasteiger partial charge in [-0.3, -0.25) is 9.69 Å². The average molecular weight is 329 g/mol. The minimum atomic E-state index is 0.340. The summed E-state index contributed by atoms with van der Waals surface area (Å²) in [5.74, 6) is 1.13. The van der Waals surface area contributed by atoms with Crippen LogP contribution >= 0.6 is 0 Å². The van der Waals surface area contributed by atoms with Crippen LogP contribution in [-0.4, -0.2) is 66.4 Å². The van der Waals surface area contributed by atoms with Gasteiger partial charge >= 0.3 is 0 Å². The van der Waals surface area contributed by atoms with Gasteiger partial charge in [0.1, 0.15) is 0 Å². The first-order valence-corrected chi connectivity index (χ1v) is 9.47. The lowest BCUT2D eigenvalue weighted by Crippen LogP contribution is -2.49. The van der Waals surface area contributed by atoms with Crippen molar-refractivity contribution < 1.29 is 4.79 Å². The molecule has 4 nitrogen and oxygen atoms in total. The highest BCUT2D eigenvalue weighted by Gasteiger charge is 2.22. The number of carbonyl (C=O) groups is 1. The van der Waals surface area contributed by atoms with Crippen LogP contribution in [0.15, 0.2) is 30.3 Å². The third-order valence-electron chi connectivity index (χ3n) is 5.36. The first kappa shape index (κ1) is 17.4. The van der Waals surface area contributed by atoms with Crippen LogP contribution in [0.1, 0.15) is 31.7 Å². The van der Waals surface area contributed by atoms with E-state index in [1.807, 2.05) is 0 Å². The molecule has 0 aromatic heterocycles. The smallest absolute Gasteiger partial charge is 0.223 e. The molecule has 2 aliphatic rings. The van der Waals surface area contributed by atoms with E-state index < -0.39 is 0 Å². The highest BCUT2D eigenvalue weighted by molar-refractivity contribution is 5.76. The summed E-state index contributed by atoms with van der Waals surface area (Å²) in [6, 6.07) is 10.6. The van der Waals surface area contributed by atoms with E-state index in [1.165, 1.54) is 24.9 Å². The van der Waals surface area contributed by atoms with Gasteiger partial charge in [-0.15, -0.1) is 0 Å². The quantitative estimate of drug-likeness (QED) is 0.830. The van der Waals surface area contributed by atoms with Crippen LogP contribution in [0, 0.1) is 5.92 Å². The Morgan fingerprint density at radius 2 is 1.79 bits per heavy atom. The molecule has 2 fully saturated rings. The van der Waals surface area contributed by atoms with Crippen molar-refractivity contribution in [3.05, 3.63) is 35.9 Å². The van der Waals surface area contributed by atoms with Crippen molar-refractivity contribution in [1.29, 1.82) is 0 Å². The van der Waals surface area contributed by atoms with E-state index in [9.17, 15) is 4.79 Å². The Morgan fingerprint density at radius 3 is 2.50 bits per heavy atom. The third kappa shape index (κ3) is 5.05. The molecule has 1 unspecified atom stereocenters. The predicted octanol–water partition coefficient (Wildman–Crippen LogP) is 2.45. The fourth-order valence-electron chi connectivity index (χ4n) is 3.90. The van der Waals surface area contributed by atoms with Gasteiger partial charge in [-0.2, -0.15) is 0 Å². The molecule has 0 N–H and O–H groups in total. The first-order valence-electron chi connectivity index (χ1n) is 9.47. The van der Waals surface area contributed by atoms with Crippen molar-refractivity contribution in [2.75, 3.05) is 45.8 Å². The van der Waals surface area contributed by atoms with Crippen LogP contribution in [-0.2, 0) is 11.3 Å². The molecule has 4 heteroatoms. The molecule has 1 amide bonds. The normalized spacial score (nSPS) is 23.4. The fourth-order valence-corrected chi connectivity index (χ4v) is 3.90. The molecule has 1 atom stereocenters. The van der Waals surface area contributed by atoms with E-state index in [4.69, 9.17) is 0 Å². The SMILES string of the molecule is CC1CCCN(CCC(=O)N2CCN(Cc3ccccc3)CC2)C1. The maximum Gasteiger partial charge on any atom is 0.223 e. The monoisotopic (exact) mass is 329 g/mol. The number of nitrogens with zero attached hydrogens (tertiary/aromatic N) is 3. The van der Waals surface area contributed by atoms with E-state index in [0.717, 1.165) is 51.7 Å². The Kier molecular flexibility index (Phi) is 6.27. The number of piperazine rings is 1. The maximum atomic E-state index is 12.5. The molecule has 2 heterocycles. The van der Waals surface area contributed by atoms with Gasteiger partial charge in [0.05, 0.1) is 0 Å². The van der Waals surface area contributed by atoms with Crippen molar-refractivity contribution >= 4 is 5.91 Å². The maximum absolute atomic E-state index is 12.5. The number of benzene rings is 1.